The van der Waals surface area contributed by atoms with Crippen molar-refractivity contribution in [1.82, 2.24) is 0 Å². The van der Waals surface area contributed by atoms with Crippen LogP contribution >= 0.6 is 0 Å². The fourth-order valence-electron chi connectivity index (χ4n) is 1.70. The van der Waals surface area contributed by atoms with Crippen molar-refractivity contribution < 1.29 is 19.1 Å². The molecule has 1 saturated carbocycles. The lowest BCUT2D eigenvalue weighted by atomic mass is 10.2. The summed E-state index contributed by atoms with van der Waals surface area (Å²) < 4.78 is 4.97. The molecule has 0 radical (unpaired) electrons. The van der Waals surface area contributed by atoms with Crippen LogP contribution < -0.4 is 10.6 Å². The van der Waals surface area contributed by atoms with E-state index in [1.807, 2.05) is 0 Å². The van der Waals surface area contributed by atoms with Gasteiger partial charge in [-0.1, -0.05) is 0 Å². The summed E-state index contributed by atoms with van der Waals surface area (Å²) >= 11 is 0. The number of carboxylic acid groups (broad SMARTS) is 1. The van der Waals surface area contributed by atoms with E-state index >= 15 is 0 Å². The first-order chi connectivity index (χ1) is 7.11. The third-order valence-electron chi connectivity index (χ3n) is 2.73. The van der Waals surface area contributed by atoms with Gasteiger partial charge in [-0.25, -0.2) is 4.79 Å². The molecule has 3 rings (SSSR count). The van der Waals surface area contributed by atoms with E-state index in [1.54, 1.807) is 0 Å². The Hall–Kier alpha value is -1.98. The molecule has 2 heterocycles. The summed E-state index contributed by atoms with van der Waals surface area (Å²) in [7, 11) is 0. The van der Waals surface area contributed by atoms with E-state index in [-0.39, 0.29) is 17.6 Å². The average molecular weight is 208 g/mol. The molecule has 0 saturated heterocycles. The highest BCUT2D eigenvalue weighted by molar-refractivity contribution is 6.07. The third kappa shape index (κ3) is 1.04. The summed E-state index contributed by atoms with van der Waals surface area (Å²) in [6, 6.07) is 1.39. The largest absolute Gasteiger partial charge is 0.475 e. The van der Waals surface area contributed by atoms with Gasteiger partial charge in [-0.15, -0.1) is 0 Å². The van der Waals surface area contributed by atoms with E-state index < -0.39 is 11.5 Å². The number of anilines is 2. The topological polar surface area (TPSA) is 91.6 Å². The molecule has 0 aromatic carbocycles. The first-order valence-electron chi connectivity index (χ1n) is 4.57. The molecule has 78 valence electrons. The molecule has 1 fully saturated rings. The zero-order valence-corrected chi connectivity index (χ0v) is 7.66. The summed E-state index contributed by atoms with van der Waals surface area (Å²) in [5, 5.41) is 14.3. The van der Waals surface area contributed by atoms with E-state index in [0.717, 1.165) is 12.8 Å². The molecule has 6 heteroatoms. The lowest BCUT2D eigenvalue weighted by Gasteiger charge is -2.22. The van der Waals surface area contributed by atoms with Crippen molar-refractivity contribution in [2.45, 2.75) is 18.4 Å². The molecule has 1 aliphatic heterocycles. The molecule has 0 unspecified atom stereocenters. The predicted molar refractivity (Wildman–Crippen MR) is 49.9 cm³/mol. The number of aromatic carboxylic acids is 1. The van der Waals surface area contributed by atoms with Gasteiger partial charge in [0.25, 0.3) is 5.91 Å². The SMILES string of the molecule is O=C(O)c1cc2c(o1)NC(=O)C1(CC1)N2. The number of carbonyl (C=O) groups is 2. The van der Waals surface area contributed by atoms with E-state index in [9.17, 15) is 9.59 Å². The highest BCUT2D eigenvalue weighted by atomic mass is 16.4. The zero-order chi connectivity index (χ0) is 10.6. The maximum Gasteiger partial charge on any atom is 0.371 e. The molecule has 6 nitrogen and oxygen atoms in total. The second-order valence-corrected chi connectivity index (χ2v) is 3.82. The van der Waals surface area contributed by atoms with Crippen LogP contribution in [0.1, 0.15) is 23.4 Å². The highest BCUT2D eigenvalue weighted by Gasteiger charge is 2.53. The molecule has 3 N–H and O–H groups in total. The Morgan fingerprint density at radius 2 is 2.27 bits per heavy atom. The van der Waals surface area contributed by atoms with E-state index in [1.165, 1.54) is 6.07 Å². The minimum Gasteiger partial charge on any atom is -0.475 e. The van der Waals surface area contributed by atoms with Crippen LogP contribution in [0.4, 0.5) is 11.6 Å². The molecular formula is C9H8N2O4. The molecule has 2 aliphatic rings. The first-order valence-corrected chi connectivity index (χ1v) is 4.57. The summed E-state index contributed by atoms with van der Waals surface area (Å²) in [5.74, 6) is -1.29. The maximum atomic E-state index is 11.5. The van der Waals surface area contributed by atoms with Gasteiger partial charge in [0.15, 0.2) is 0 Å². The first kappa shape index (κ1) is 8.34. The molecule has 1 aliphatic carbocycles. The van der Waals surface area contributed by atoms with Crippen molar-refractivity contribution in [3.8, 4) is 0 Å². The number of hydrogen-bond acceptors (Lipinski definition) is 4. The van der Waals surface area contributed by atoms with E-state index in [0.29, 0.717) is 5.69 Å². The van der Waals surface area contributed by atoms with Gasteiger partial charge in [0, 0.05) is 6.07 Å². The minimum absolute atomic E-state index is 0.152. The van der Waals surface area contributed by atoms with Crippen molar-refractivity contribution in [3.63, 3.8) is 0 Å². The number of hydrogen-bond donors (Lipinski definition) is 3. The lowest BCUT2D eigenvalue weighted by Crippen LogP contribution is -2.40. The lowest BCUT2D eigenvalue weighted by molar-refractivity contribution is -0.118. The number of carboxylic acids is 1. The van der Waals surface area contributed by atoms with Crippen LogP contribution in [0, 0.1) is 0 Å². The average Bonchev–Trinajstić information content (AvgIpc) is 2.81. The number of furan rings is 1. The molecule has 1 amide bonds. The van der Waals surface area contributed by atoms with Gasteiger partial charge >= 0.3 is 5.97 Å². The van der Waals surface area contributed by atoms with Gasteiger partial charge in [0.2, 0.25) is 11.6 Å². The van der Waals surface area contributed by atoms with Gasteiger partial charge < -0.3 is 14.8 Å². The Bertz CT molecular complexity index is 472. The molecule has 0 atom stereocenters. The molecular weight excluding hydrogens is 200 g/mol. The maximum absolute atomic E-state index is 11.5. The van der Waals surface area contributed by atoms with Crippen molar-refractivity contribution in [2.24, 2.45) is 0 Å². The second-order valence-electron chi connectivity index (χ2n) is 3.82. The van der Waals surface area contributed by atoms with Crippen molar-refractivity contribution >= 4 is 23.4 Å². The number of carbonyl (C=O) groups excluding carboxylic acids is 1. The molecule has 15 heavy (non-hydrogen) atoms. The summed E-state index contributed by atoms with van der Waals surface area (Å²) in [4.78, 5) is 22.2. The molecule has 1 spiro atoms. The summed E-state index contributed by atoms with van der Waals surface area (Å²) in [6.07, 6.45) is 1.54. The molecule has 1 aromatic rings. The number of fused-ring (bicyclic) bond motifs is 1. The zero-order valence-electron chi connectivity index (χ0n) is 7.66. The predicted octanol–water partition coefficient (Wildman–Crippen LogP) is 0.874. The Kier molecular flexibility index (Phi) is 1.30. The van der Waals surface area contributed by atoms with Crippen LogP contribution in [-0.2, 0) is 4.79 Å². The van der Waals surface area contributed by atoms with Crippen LogP contribution in [0.3, 0.4) is 0 Å². The Morgan fingerprint density at radius 1 is 1.53 bits per heavy atom. The van der Waals surface area contributed by atoms with Gasteiger partial charge in [-0.3, -0.25) is 10.1 Å². The smallest absolute Gasteiger partial charge is 0.371 e. The summed E-state index contributed by atoms with van der Waals surface area (Å²) in [5.41, 5.74) is 0.0246. The Labute approximate surface area is 84.3 Å². The van der Waals surface area contributed by atoms with Gasteiger partial charge in [-0.2, -0.15) is 0 Å². The quantitative estimate of drug-likeness (QED) is 0.637. The van der Waals surface area contributed by atoms with Gasteiger partial charge in [0.1, 0.15) is 11.2 Å². The van der Waals surface area contributed by atoms with Crippen LogP contribution in [0.2, 0.25) is 0 Å². The van der Waals surface area contributed by atoms with Crippen LogP contribution in [-0.4, -0.2) is 22.5 Å². The number of rotatable bonds is 1. The summed E-state index contributed by atoms with van der Waals surface area (Å²) in [6.45, 7) is 0. The van der Waals surface area contributed by atoms with Gasteiger partial charge in [0.05, 0.1) is 0 Å². The van der Waals surface area contributed by atoms with Crippen LogP contribution in [0.25, 0.3) is 0 Å². The third-order valence-corrected chi connectivity index (χ3v) is 2.73. The van der Waals surface area contributed by atoms with Crippen LogP contribution in [0.5, 0.6) is 0 Å². The van der Waals surface area contributed by atoms with E-state index in [2.05, 4.69) is 10.6 Å². The Balaban J connectivity index is 2.02. The van der Waals surface area contributed by atoms with Crippen molar-refractivity contribution in [2.75, 3.05) is 10.6 Å². The molecule has 1 aromatic heterocycles. The fourth-order valence-corrected chi connectivity index (χ4v) is 1.70. The minimum atomic E-state index is -1.15. The van der Waals surface area contributed by atoms with Gasteiger partial charge in [-0.05, 0) is 12.8 Å². The van der Waals surface area contributed by atoms with E-state index in [4.69, 9.17) is 9.52 Å². The number of amides is 1. The second kappa shape index (κ2) is 2.33. The fraction of sp³-hybridized carbons (Fsp3) is 0.333. The van der Waals surface area contributed by atoms with Crippen molar-refractivity contribution in [1.29, 1.82) is 0 Å². The Morgan fingerprint density at radius 3 is 2.87 bits per heavy atom. The monoisotopic (exact) mass is 208 g/mol. The normalized spacial score (nSPS) is 20.4. The molecule has 0 bridgehead atoms. The standard InChI is InChI=1S/C9H8N2O4/c12-7(13)5-3-4-6(15-5)10-8(14)9(11-4)1-2-9/h3,11H,1-2H2,(H,10,14)(H,12,13). The number of nitrogens with one attached hydrogen (secondary N) is 2. The van der Waals surface area contributed by atoms with Crippen LogP contribution in [0.15, 0.2) is 10.5 Å². The van der Waals surface area contributed by atoms with Crippen molar-refractivity contribution in [3.05, 3.63) is 11.8 Å². The highest BCUT2D eigenvalue weighted by Crippen LogP contribution is 2.45.